The van der Waals surface area contributed by atoms with Gasteiger partial charge in [-0.25, -0.2) is 4.79 Å². The highest BCUT2D eigenvalue weighted by Gasteiger charge is 2.37. The highest BCUT2D eigenvalue weighted by atomic mass is 32.1. The number of thiophene rings is 1. The van der Waals surface area contributed by atoms with Crippen LogP contribution in [-0.2, 0) is 9.53 Å². The molecule has 0 unspecified atom stereocenters. The minimum absolute atomic E-state index is 0.0376. The van der Waals surface area contributed by atoms with Crippen molar-refractivity contribution in [2.75, 3.05) is 4.90 Å². The van der Waals surface area contributed by atoms with Gasteiger partial charge in [-0.2, -0.15) is 0 Å². The lowest BCUT2D eigenvalue weighted by atomic mass is 9.81. The normalized spacial score (nSPS) is 24.8. The van der Waals surface area contributed by atoms with Crippen LogP contribution < -0.4 is 16.4 Å². The largest absolute Gasteiger partial charge is 0.489 e. The summed E-state index contributed by atoms with van der Waals surface area (Å²) in [4.78, 5) is 29.0. The molecule has 0 spiro atoms. The first-order chi connectivity index (χ1) is 17.5. The molecule has 5 N–H and O–H groups in total. The Morgan fingerprint density at radius 3 is 2.30 bits per heavy atom. The summed E-state index contributed by atoms with van der Waals surface area (Å²) in [6, 6.07) is 1.71. The second-order valence-corrected chi connectivity index (χ2v) is 12.3. The van der Waals surface area contributed by atoms with Crippen molar-refractivity contribution in [3.05, 3.63) is 40.1 Å². The van der Waals surface area contributed by atoms with E-state index in [4.69, 9.17) is 16.2 Å². The fourth-order valence-corrected chi connectivity index (χ4v) is 5.91. The molecule has 0 bridgehead atoms. The van der Waals surface area contributed by atoms with Gasteiger partial charge in [-0.05, 0) is 96.4 Å². The molecule has 0 aliphatic heterocycles. The van der Waals surface area contributed by atoms with Gasteiger partial charge in [0.15, 0.2) is 0 Å². The Morgan fingerprint density at radius 2 is 1.76 bits per heavy atom. The highest BCUT2D eigenvalue weighted by Crippen LogP contribution is 2.39. The van der Waals surface area contributed by atoms with E-state index in [-0.39, 0.29) is 34.3 Å². The third kappa shape index (κ3) is 7.78. The molecule has 1 aromatic rings. The van der Waals surface area contributed by atoms with Gasteiger partial charge in [0.2, 0.25) is 5.91 Å². The Hall–Kier alpha value is -2.92. The first kappa shape index (κ1) is 28.6. The van der Waals surface area contributed by atoms with Crippen molar-refractivity contribution in [2.45, 2.75) is 91.2 Å². The number of hydrogen-bond acceptors (Lipinski definition) is 6. The number of carbonyl (C=O) groups is 2. The Labute approximate surface area is 224 Å². The third-order valence-electron chi connectivity index (χ3n) is 7.07. The van der Waals surface area contributed by atoms with Gasteiger partial charge in [-0.15, -0.1) is 11.3 Å². The lowest BCUT2D eigenvalue weighted by Crippen LogP contribution is -2.47. The van der Waals surface area contributed by atoms with Gasteiger partial charge in [0, 0.05) is 23.6 Å². The molecule has 7 nitrogen and oxygen atoms in total. The Kier molecular flexibility index (Phi) is 9.72. The topological polar surface area (TPSA) is 119 Å². The summed E-state index contributed by atoms with van der Waals surface area (Å²) < 4.78 is 5.99. The number of carboxylic acids is 1. The number of allylic oxidation sites excluding steroid dienone is 1. The van der Waals surface area contributed by atoms with Gasteiger partial charge >= 0.3 is 5.97 Å². The van der Waals surface area contributed by atoms with Crippen molar-refractivity contribution in [3.8, 4) is 11.8 Å². The number of nitrogens with zero attached hydrogens (tertiary/aromatic N) is 1. The predicted molar refractivity (Wildman–Crippen MR) is 149 cm³/mol. The second-order valence-electron chi connectivity index (χ2n) is 11.3. The lowest BCUT2D eigenvalue weighted by molar-refractivity contribution is -0.124. The number of rotatable bonds is 7. The first-order valence-electron chi connectivity index (χ1n) is 13.2. The monoisotopic (exact) mass is 527 g/mol. The Bertz CT molecular complexity index is 1070. The number of carbonyl (C=O) groups excluding carboxylic acids is 1. The van der Waals surface area contributed by atoms with Crippen LogP contribution in [0.1, 0.15) is 93.6 Å². The van der Waals surface area contributed by atoms with E-state index in [1.54, 1.807) is 17.0 Å². The average molecular weight is 528 g/mol. The number of hydrogen-bond donors (Lipinski definition) is 3. The molecule has 0 atom stereocenters. The van der Waals surface area contributed by atoms with Gasteiger partial charge in [-0.1, -0.05) is 18.8 Å². The minimum atomic E-state index is -1.03. The van der Waals surface area contributed by atoms with E-state index in [9.17, 15) is 14.7 Å². The lowest BCUT2D eigenvalue weighted by Gasteiger charge is -2.39. The molecule has 8 heteroatoms. The van der Waals surface area contributed by atoms with Crippen LogP contribution in [0.15, 0.2) is 30.3 Å². The highest BCUT2D eigenvalue weighted by molar-refractivity contribution is 7.15. The molecule has 0 saturated heterocycles. The molecule has 202 valence electrons. The smallest absolute Gasteiger partial charge is 0.348 e. The number of ether oxygens (including phenoxy) is 1. The molecule has 1 heterocycles. The molecular weight excluding hydrogens is 486 g/mol. The summed E-state index contributed by atoms with van der Waals surface area (Å²) in [5.41, 5.74) is 11.4. The number of nitrogens with two attached hydrogens (primary N) is 2. The summed E-state index contributed by atoms with van der Waals surface area (Å²) in [6.45, 7) is 8.27. The van der Waals surface area contributed by atoms with Crippen LogP contribution in [0.2, 0.25) is 0 Å². The molecule has 1 amide bonds. The van der Waals surface area contributed by atoms with Gasteiger partial charge in [0.1, 0.15) is 10.6 Å². The van der Waals surface area contributed by atoms with Crippen LogP contribution in [0.5, 0.6) is 0 Å². The molecule has 2 aliphatic carbocycles. The zero-order chi connectivity index (χ0) is 27.2. The summed E-state index contributed by atoms with van der Waals surface area (Å²) >= 11 is 1.15. The number of anilines is 1. The van der Waals surface area contributed by atoms with Crippen LogP contribution in [-0.4, -0.2) is 29.1 Å². The second kappa shape index (κ2) is 12.6. The molecule has 2 fully saturated rings. The fourth-order valence-electron chi connectivity index (χ4n) is 5.07. The van der Waals surface area contributed by atoms with Crippen molar-refractivity contribution >= 4 is 28.9 Å². The van der Waals surface area contributed by atoms with Crippen molar-refractivity contribution in [2.24, 2.45) is 28.7 Å². The summed E-state index contributed by atoms with van der Waals surface area (Å²) in [6.07, 6.45) is 11.0. The maximum atomic E-state index is 14.0. The van der Waals surface area contributed by atoms with Crippen molar-refractivity contribution in [3.63, 3.8) is 0 Å². The van der Waals surface area contributed by atoms with Gasteiger partial charge in [-0.3, -0.25) is 4.79 Å². The maximum absolute atomic E-state index is 14.0. The van der Waals surface area contributed by atoms with E-state index in [0.717, 1.165) is 49.9 Å². The van der Waals surface area contributed by atoms with E-state index < -0.39 is 5.97 Å². The van der Waals surface area contributed by atoms with Crippen LogP contribution in [0.25, 0.3) is 0 Å². The first-order valence-corrected chi connectivity index (χ1v) is 14.0. The molecule has 0 radical (unpaired) electrons. The molecule has 2 saturated carbocycles. The third-order valence-corrected chi connectivity index (χ3v) is 8.09. The number of carboxylic acid groups (broad SMARTS) is 1. The van der Waals surface area contributed by atoms with Crippen LogP contribution in [0, 0.1) is 29.1 Å². The SMILES string of the molecule is CC1CCC(C(=O)N(c2cc(C#CC(C)(C)C)sc2C(=O)O)C2CCC(OC(/C=C\N)=C/N)CC2)CC1. The van der Waals surface area contributed by atoms with Gasteiger partial charge in [0.25, 0.3) is 0 Å². The van der Waals surface area contributed by atoms with Crippen LogP contribution in [0.3, 0.4) is 0 Å². The molecule has 37 heavy (non-hydrogen) atoms. The van der Waals surface area contributed by atoms with E-state index in [1.807, 2.05) is 20.8 Å². The molecule has 0 aromatic carbocycles. The summed E-state index contributed by atoms with van der Waals surface area (Å²) in [7, 11) is 0. The van der Waals surface area contributed by atoms with Crippen molar-refractivity contribution < 1.29 is 19.4 Å². The molecule has 1 aromatic heterocycles. The quantitative estimate of drug-likeness (QED) is 0.241. The predicted octanol–water partition coefficient (Wildman–Crippen LogP) is 5.60. The van der Waals surface area contributed by atoms with E-state index >= 15 is 0 Å². The average Bonchev–Trinajstić information content (AvgIpc) is 3.28. The van der Waals surface area contributed by atoms with Crippen molar-refractivity contribution in [1.82, 2.24) is 0 Å². The van der Waals surface area contributed by atoms with Gasteiger partial charge < -0.3 is 26.2 Å². The van der Waals surface area contributed by atoms with Crippen LogP contribution in [0.4, 0.5) is 5.69 Å². The van der Waals surface area contributed by atoms with Crippen LogP contribution >= 0.6 is 11.3 Å². The zero-order valence-electron chi connectivity index (χ0n) is 22.5. The van der Waals surface area contributed by atoms with E-state index in [2.05, 4.69) is 18.8 Å². The number of aromatic carboxylic acids is 1. The van der Waals surface area contributed by atoms with Crippen molar-refractivity contribution in [1.29, 1.82) is 0 Å². The minimum Gasteiger partial charge on any atom is -0.489 e. The summed E-state index contributed by atoms with van der Waals surface area (Å²) in [5.74, 6) is 6.40. The van der Waals surface area contributed by atoms with Gasteiger partial charge in [0.05, 0.1) is 16.7 Å². The molecular formula is C29H41N3O4S. The molecule has 3 rings (SSSR count). The zero-order valence-corrected chi connectivity index (χ0v) is 23.3. The standard InChI is InChI=1S/C29H41N3O4S/c1-19-5-7-20(8-6-19)27(33)32(21-9-11-22(12-10-21)36-23(18-31)14-16-30)25-17-24(13-15-29(2,3)4)37-26(25)28(34)35/h14,16-22H,5-12,30-31H2,1-4H3,(H,34,35)/b16-14-,23-18+. The van der Waals surface area contributed by atoms with E-state index in [0.29, 0.717) is 35.1 Å². The fraction of sp³-hybridized carbons (Fsp3) is 0.586. The Morgan fingerprint density at radius 1 is 1.11 bits per heavy atom. The Balaban J connectivity index is 1.92. The summed E-state index contributed by atoms with van der Waals surface area (Å²) in [5, 5.41) is 10.1. The number of amides is 1. The molecule has 2 aliphatic rings. The maximum Gasteiger partial charge on any atom is 0.348 e. The van der Waals surface area contributed by atoms with E-state index in [1.165, 1.54) is 12.4 Å².